The highest BCUT2D eigenvalue weighted by atomic mass is 16.3. The van der Waals surface area contributed by atoms with Crippen LogP contribution in [0.3, 0.4) is 0 Å². The number of phenolic OH excluding ortho intramolecular Hbond substituents is 1. The molecule has 0 aliphatic rings. The summed E-state index contributed by atoms with van der Waals surface area (Å²) < 4.78 is 2.07. The first-order chi connectivity index (χ1) is 20.6. The average Bonchev–Trinajstić information content (AvgIpc) is 3.50. The number of nitrogens with zero attached hydrogens (tertiary/aromatic N) is 2. The molecule has 6 aromatic rings. The lowest BCUT2D eigenvalue weighted by atomic mass is 9.77. The molecule has 6 rings (SSSR count). The van der Waals surface area contributed by atoms with Crippen molar-refractivity contribution < 1.29 is 14.7 Å². The molecule has 6 nitrogen and oxygen atoms in total. The summed E-state index contributed by atoms with van der Waals surface area (Å²) in [5, 5.41) is 14.9. The molecule has 0 aliphatic carbocycles. The lowest BCUT2D eigenvalue weighted by Crippen LogP contribution is -2.38. The minimum Gasteiger partial charge on any atom is -0.507 e. The molecule has 0 saturated heterocycles. The fraction of sp³-hybridized carbons (Fsp3) is 0.0833. The van der Waals surface area contributed by atoms with E-state index in [0.29, 0.717) is 12.0 Å². The van der Waals surface area contributed by atoms with Crippen LogP contribution in [0.2, 0.25) is 0 Å². The number of phenols is 1. The number of hydrogen-bond acceptors (Lipinski definition) is 4. The van der Waals surface area contributed by atoms with E-state index in [-0.39, 0.29) is 17.7 Å². The minimum absolute atomic E-state index is 0.113. The van der Waals surface area contributed by atoms with Gasteiger partial charge in [-0.2, -0.15) is 0 Å². The summed E-state index contributed by atoms with van der Waals surface area (Å²) in [5.41, 5.74) is 3.19. The largest absolute Gasteiger partial charge is 0.507 e. The number of benzene rings is 5. The molecule has 0 aliphatic heterocycles. The van der Waals surface area contributed by atoms with Crippen molar-refractivity contribution in [2.75, 3.05) is 0 Å². The van der Waals surface area contributed by atoms with E-state index in [1.54, 1.807) is 18.5 Å². The molecule has 0 fully saturated rings. The zero-order chi connectivity index (χ0) is 28.9. The van der Waals surface area contributed by atoms with E-state index in [0.717, 1.165) is 27.5 Å². The average molecular weight is 552 g/mol. The number of rotatable bonds is 9. The number of hydrogen-bond donors (Lipinski definition) is 2. The third-order valence-corrected chi connectivity index (χ3v) is 7.62. The van der Waals surface area contributed by atoms with Gasteiger partial charge in [0.25, 0.3) is 5.91 Å². The normalized spacial score (nSPS) is 12.1. The van der Waals surface area contributed by atoms with E-state index in [1.807, 2.05) is 85.1 Å². The highest BCUT2D eigenvalue weighted by molar-refractivity contribution is 6.02. The van der Waals surface area contributed by atoms with Crippen molar-refractivity contribution in [3.63, 3.8) is 0 Å². The number of carbonyl (C=O) groups is 2. The van der Waals surface area contributed by atoms with Crippen LogP contribution in [0.15, 0.2) is 140 Å². The van der Waals surface area contributed by atoms with Gasteiger partial charge >= 0.3 is 0 Å². The molecule has 0 unspecified atom stereocenters. The van der Waals surface area contributed by atoms with Crippen LogP contribution in [0.1, 0.15) is 32.7 Å². The maximum absolute atomic E-state index is 13.1. The second kappa shape index (κ2) is 11.6. The standard InChI is InChI=1S/C36H29N3O3/c40-24-32(38-35(42)33-20-26-12-10-11-13-27(26)21-34(33)41)22-31-23-39(25-37-31)36(28-14-4-1-5-15-28,29-16-6-2-7-17-29)30-18-8-3-9-19-30/h1-21,23-25,32,41H,22H2,(H,38,42)/t32-/m0/s1. The summed E-state index contributed by atoms with van der Waals surface area (Å²) in [4.78, 5) is 30.0. The number of amides is 1. The Hall–Kier alpha value is -5.49. The summed E-state index contributed by atoms with van der Waals surface area (Å²) in [5.74, 6) is -0.666. The van der Waals surface area contributed by atoms with Gasteiger partial charge in [-0.3, -0.25) is 4.79 Å². The van der Waals surface area contributed by atoms with Crippen LogP contribution in [0.5, 0.6) is 5.75 Å². The smallest absolute Gasteiger partial charge is 0.255 e. The molecule has 0 radical (unpaired) electrons. The van der Waals surface area contributed by atoms with Gasteiger partial charge < -0.3 is 19.8 Å². The Morgan fingerprint density at radius 3 is 1.81 bits per heavy atom. The summed E-state index contributed by atoms with van der Waals surface area (Å²) in [6.07, 6.45) is 4.60. The molecule has 0 saturated carbocycles. The topological polar surface area (TPSA) is 84.2 Å². The van der Waals surface area contributed by atoms with E-state index in [2.05, 4.69) is 51.3 Å². The van der Waals surface area contributed by atoms with E-state index in [1.165, 1.54) is 0 Å². The third kappa shape index (κ3) is 4.95. The van der Waals surface area contributed by atoms with Crippen LogP contribution in [-0.4, -0.2) is 32.9 Å². The lowest BCUT2D eigenvalue weighted by Gasteiger charge is -2.37. The lowest BCUT2D eigenvalue weighted by molar-refractivity contribution is -0.109. The Kier molecular flexibility index (Phi) is 7.35. The monoisotopic (exact) mass is 551 g/mol. The van der Waals surface area contributed by atoms with Gasteiger partial charge in [-0.1, -0.05) is 115 Å². The minimum atomic E-state index is -0.841. The fourth-order valence-electron chi connectivity index (χ4n) is 5.65. The van der Waals surface area contributed by atoms with Gasteiger partial charge in [0.1, 0.15) is 17.6 Å². The Morgan fingerprint density at radius 1 is 0.786 bits per heavy atom. The Labute approximate surface area is 243 Å². The molecule has 1 amide bonds. The van der Waals surface area contributed by atoms with E-state index >= 15 is 0 Å². The number of aldehydes is 1. The second-order valence-corrected chi connectivity index (χ2v) is 10.2. The highest BCUT2D eigenvalue weighted by Gasteiger charge is 2.38. The van der Waals surface area contributed by atoms with Crippen LogP contribution in [0, 0.1) is 0 Å². The first-order valence-electron chi connectivity index (χ1n) is 13.8. The van der Waals surface area contributed by atoms with Crippen LogP contribution >= 0.6 is 0 Å². The van der Waals surface area contributed by atoms with Gasteiger partial charge in [-0.25, -0.2) is 4.98 Å². The highest BCUT2D eigenvalue weighted by Crippen LogP contribution is 2.40. The van der Waals surface area contributed by atoms with Crippen LogP contribution in [0.25, 0.3) is 10.8 Å². The number of fused-ring (bicyclic) bond motifs is 1. The molecule has 42 heavy (non-hydrogen) atoms. The number of aromatic nitrogens is 2. The molecule has 2 N–H and O–H groups in total. The van der Waals surface area contributed by atoms with Crippen molar-refractivity contribution in [1.29, 1.82) is 0 Å². The van der Waals surface area contributed by atoms with Crippen molar-refractivity contribution in [3.05, 3.63) is 168 Å². The zero-order valence-corrected chi connectivity index (χ0v) is 22.8. The van der Waals surface area contributed by atoms with E-state index in [9.17, 15) is 14.7 Å². The van der Waals surface area contributed by atoms with Gasteiger partial charge in [-0.05, 0) is 39.6 Å². The van der Waals surface area contributed by atoms with Gasteiger partial charge in [-0.15, -0.1) is 0 Å². The Balaban J connectivity index is 1.35. The quantitative estimate of drug-likeness (QED) is 0.167. The van der Waals surface area contributed by atoms with Gasteiger partial charge in [0.15, 0.2) is 0 Å². The first-order valence-corrected chi connectivity index (χ1v) is 13.8. The van der Waals surface area contributed by atoms with Gasteiger partial charge in [0, 0.05) is 12.6 Å². The number of nitrogens with one attached hydrogen (secondary N) is 1. The third-order valence-electron chi connectivity index (χ3n) is 7.62. The number of aromatic hydroxyl groups is 1. The van der Waals surface area contributed by atoms with Crippen molar-refractivity contribution in [3.8, 4) is 5.75 Å². The molecular formula is C36H29N3O3. The molecule has 6 heteroatoms. The van der Waals surface area contributed by atoms with Crippen LogP contribution in [0.4, 0.5) is 0 Å². The summed E-state index contributed by atoms with van der Waals surface area (Å²) in [7, 11) is 0. The van der Waals surface area contributed by atoms with E-state index in [4.69, 9.17) is 0 Å². The van der Waals surface area contributed by atoms with Gasteiger partial charge in [0.2, 0.25) is 0 Å². The summed E-state index contributed by atoms with van der Waals surface area (Å²) >= 11 is 0. The molecule has 1 heterocycles. The maximum Gasteiger partial charge on any atom is 0.255 e. The first kappa shape index (κ1) is 26.7. The van der Waals surface area contributed by atoms with Crippen LogP contribution < -0.4 is 5.32 Å². The summed E-state index contributed by atoms with van der Waals surface area (Å²) in [6, 6.07) is 40.5. The van der Waals surface area contributed by atoms with Crippen molar-refractivity contribution in [2.24, 2.45) is 0 Å². The molecule has 1 atom stereocenters. The number of carbonyl (C=O) groups excluding carboxylic acids is 2. The van der Waals surface area contributed by atoms with Crippen molar-refractivity contribution in [2.45, 2.75) is 18.0 Å². The van der Waals surface area contributed by atoms with Crippen LogP contribution in [-0.2, 0) is 16.8 Å². The molecule has 206 valence electrons. The predicted molar refractivity (Wildman–Crippen MR) is 163 cm³/mol. The predicted octanol–water partition coefficient (Wildman–Crippen LogP) is 6.12. The SMILES string of the molecule is O=C[C@H](Cc1cn(C(c2ccccc2)(c2ccccc2)c2ccccc2)cn1)NC(=O)c1cc2ccccc2cc1O. The Morgan fingerprint density at radius 2 is 1.29 bits per heavy atom. The molecule has 1 aromatic heterocycles. The van der Waals surface area contributed by atoms with Gasteiger partial charge in [0.05, 0.1) is 23.6 Å². The maximum atomic E-state index is 13.1. The second-order valence-electron chi connectivity index (χ2n) is 10.2. The van der Waals surface area contributed by atoms with E-state index < -0.39 is 17.5 Å². The Bertz CT molecular complexity index is 1740. The fourth-order valence-corrected chi connectivity index (χ4v) is 5.65. The summed E-state index contributed by atoms with van der Waals surface area (Å²) in [6.45, 7) is 0. The zero-order valence-electron chi connectivity index (χ0n) is 22.8. The molecule has 0 spiro atoms. The number of imidazole rings is 1. The van der Waals surface area contributed by atoms with Crippen molar-refractivity contribution in [1.82, 2.24) is 14.9 Å². The molecule has 5 aromatic carbocycles. The molecular weight excluding hydrogens is 522 g/mol. The molecule has 0 bridgehead atoms. The van der Waals surface area contributed by atoms with Crippen molar-refractivity contribution >= 4 is 23.0 Å².